The number of benzene rings is 3. The Balaban J connectivity index is 1.33. The van der Waals surface area contributed by atoms with E-state index in [4.69, 9.17) is 14.0 Å². The molecule has 0 saturated carbocycles. The number of halogens is 1. The minimum Gasteiger partial charge on any atom is -0.484 e. The molecule has 1 aromatic heterocycles. The van der Waals surface area contributed by atoms with Crippen molar-refractivity contribution in [1.82, 2.24) is 10.1 Å². The summed E-state index contributed by atoms with van der Waals surface area (Å²) in [6.45, 7) is 1.93. The molecule has 7 nitrogen and oxygen atoms in total. The molecule has 1 N–H and O–H groups in total. The molecule has 32 heavy (non-hydrogen) atoms. The van der Waals surface area contributed by atoms with E-state index < -0.39 is 0 Å². The van der Waals surface area contributed by atoms with Gasteiger partial charge in [-0.15, -0.1) is 0 Å². The Morgan fingerprint density at radius 3 is 2.53 bits per heavy atom. The van der Waals surface area contributed by atoms with E-state index in [2.05, 4.69) is 15.5 Å². The van der Waals surface area contributed by atoms with E-state index in [0.717, 1.165) is 11.3 Å². The lowest BCUT2D eigenvalue weighted by atomic mass is 10.2. The lowest BCUT2D eigenvalue weighted by Gasteiger charge is -2.08. The van der Waals surface area contributed by atoms with Crippen molar-refractivity contribution < 1.29 is 23.2 Å². The summed E-state index contributed by atoms with van der Waals surface area (Å²) in [4.78, 5) is 16.4. The third-order valence-electron chi connectivity index (χ3n) is 4.41. The molecule has 0 unspecified atom stereocenters. The number of hydrogen-bond acceptors (Lipinski definition) is 6. The van der Waals surface area contributed by atoms with Crippen LogP contribution < -0.4 is 14.8 Å². The van der Waals surface area contributed by atoms with Gasteiger partial charge >= 0.3 is 0 Å². The molecule has 0 fully saturated rings. The number of nitrogens with zero attached hydrogens (tertiary/aromatic N) is 2. The number of carbonyl (C=O) groups excluding carboxylic acids is 1. The van der Waals surface area contributed by atoms with Gasteiger partial charge in [0.25, 0.3) is 11.8 Å². The number of amides is 1. The van der Waals surface area contributed by atoms with Crippen LogP contribution in [0.4, 0.5) is 10.1 Å². The van der Waals surface area contributed by atoms with E-state index >= 15 is 0 Å². The van der Waals surface area contributed by atoms with Gasteiger partial charge in [-0.1, -0.05) is 29.4 Å². The molecule has 1 amide bonds. The average Bonchev–Trinajstić information content (AvgIpc) is 3.27. The standard InChI is InChI=1S/C24H20FN3O4/c1-16-4-2-6-20(12-16)31-15-23-27-24(28-32-23)17-5-3-7-21(13-17)30-14-22(29)26-19-10-8-18(25)9-11-19/h2-13H,14-15H2,1H3,(H,26,29). The van der Waals surface area contributed by atoms with Gasteiger partial charge in [0.2, 0.25) is 5.82 Å². The third kappa shape index (κ3) is 5.69. The molecule has 4 aromatic rings. The van der Waals surface area contributed by atoms with Crippen LogP contribution in [-0.2, 0) is 11.4 Å². The molecular formula is C24H20FN3O4. The number of ether oxygens (including phenoxy) is 2. The molecule has 0 saturated heterocycles. The van der Waals surface area contributed by atoms with Crippen LogP contribution in [0, 0.1) is 12.7 Å². The molecule has 0 radical (unpaired) electrons. The molecule has 0 aliphatic rings. The topological polar surface area (TPSA) is 86.5 Å². The minimum absolute atomic E-state index is 0.149. The largest absolute Gasteiger partial charge is 0.484 e. The number of nitrogens with one attached hydrogen (secondary N) is 1. The number of aromatic nitrogens is 2. The van der Waals surface area contributed by atoms with Gasteiger partial charge in [-0.2, -0.15) is 4.98 Å². The van der Waals surface area contributed by atoms with Crippen molar-refractivity contribution in [3.8, 4) is 22.9 Å². The first-order chi connectivity index (χ1) is 15.5. The van der Waals surface area contributed by atoms with Crippen LogP contribution in [-0.4, -0.2) is 22.7 Å². The van der Waals surface area contributed by atoms with Gasteiger partial charge in [0.05, 0.1) is 0 Å². The Morgan fingerprint density at radius 1 is 1.00 bits per heavy atom. The van der Waals surface area contributed by atoms with E-state index in [1.807, 2.05) is 37.3 Å². The maximum Gasteiger partial charge on any atom is 0.264 e. The smallest absolute Gasteiger partial charge is 0.264 e. The molecule has 0 aliphatic carbocycles. The predicted octanol–water partition coefficient (Wildman–Crippen LogP) is 4.78. The maximum atomic E-state index is 12.9. The van der Waals surface area contributed by atoms with E-state index in [1.54, 1.807) is 18.2 Å². The van der Waals surface area contributed by atoms with E-state index in [9.17, 15) is 9.18 Å². The molecular weight excluding hydrogens is 413 g/mol. The van der Waals surface area contributed by atoms with Crippen LogP contribution in [0.3, 0.4) is 0 Å². The zero-order valence-corrected chi connectivity index (χ0v) is 17.2. The number of hydrogen-bond donors (Lipinski definition) is 1. The predicted molar refractivity (Wildman–Crippen MR) is 116 cm³/mol. The molecule has 4 rings (SSSR count). The van der Waals surface area contributed by atoms with Gasteiger partial charge < -0.3 is 19.3 Å². The number of anilines is 1. The van der Waals surface area contributed by atoms with Crippen LogP contribution in [0.2, 0.25) is 0 Å². The Kier molecular flexibility index (Phi) is 6.41. The fourth-order valence-electron chi connectivity index (χ4n) is 2.89. The second-order valence-electron chi connectivity index (χ2n) is 6.99. The van der Waals surface area contributed by atoms with Crippen molar-refractivity contribution in [3.63, 3.8) is 0 Å². The fourth-order valence-corrected chi connectivity index (χ4v) is 2.89. The highest BCUT2D eigenvalue weighted by Crippen LogP contribution is 2.22. The maximum absolute atomic E-state index is 12.9. The Labute approximate surface area is 183 Å². The van der Waals surface area contributed by atoms with Crippen molar-refractivity contribution in [2.45, 2.75) is 13.5 Å². The minimum atomic E-state index is -0.373. The Morgan fingerprint density at radius 2 is 1.75 bits per heavy atom. The average molecular weight is 433 g/mol. The summed E-state index contributed by atoms with van der Waals surface area (Å²) in [6, 6.07) is 20.2. The summed E-state index contributed by atoms with van der Waals surface area (Å²) < 4.78 is 29.4. The number of carbonyl (C=O) groups is 1. The molecule has 8 heteroatoms. The molecule has 0 atom stereocenters. The van der Waals surface area contributed by atoms with Crippen molar-refractivity contribution in [2.24, 2.45) is 0 Å². The molecule has 0 bridgehead atoms. The molecule has 3 aromatic carbocycles. The number of rotatable bonds is 8. The quantitative estimate of drug-likeness (QED) is 0.430. The SMILES string of the molecule is Cc1cccc(OCc2nc(-c3cccc(OCC(=O)Nc4ccc(F)cc4)c3)no2)c1. The highest BCUT2D eigenvalue weighted by Gasteiger charge is 2.11. The molecule has 1 heterocycles. The zero-order chi connectivity index (χ0) is 22.3. The zero-order valence-electron chi connectivity index (χ0n) is 17.2. The lowest BCUT2D eigenvalue weighted by molar-refractivity contribution is -0.118. The van der Waals surface area contributed by atoms with Gasteiger partial charge in [0.1, 0.15) is 17.3 Å². The summed E-state index contributed by atoms with van der Waals surface area (Å²) in [7, 11) is 0. The summed E-state index contributed by atoms with van der Waals surface area (Å²) in [6.07, 6.45) is 0. The van der Waals surface area contributed by atoms with E-state index in [0.29, 0.717) is 28.7 Å². The van der Waals surface area contributed by atoms with Gasteiger partial charge in [-0.3, -0.25) is 4.79 Å². The van der Waals surface area contributed by atoms with Crippen molar-refractivity contribution in [1.29, 1.82) is 0 Å². The van der Waals surface area contributed by atoms with E-state index in [1.165, 1.54) is 24.3 Å². The molecule has 0 aliphatic heterocycles. The van der Waals surface area contributed by atoms with Crippen LogP contribution in [0.15, 0.2) is 77.3 Å². The lowest BCUT2D eigenvalue weighted by Crippen LogP contribution is -2.20. The molecule has 0 spiro atoms. The van der Waals surface area contributed by atoms with Gasteiger partial charge in [0.15, 0.2) is 13.2 Å². The highest BCUT2D eigenvalue weighted by atomic mass is 19.1. The van der Waals surface area contributed by atoms with E-state index in [-0.39, 0.29) is 24.9 Å². The summed E-state index contributed by atoms with van der Waals surface area (Å²) in [5, 5.41) is 6.62. The van der Waals surface area contributed by atoms with Gasteiger partial charge in [-0.25, -0.2) is 4.39 Å². The summed E-state index contributed by atoms with van der Waals surface area (Å²) in [5.41, 5.74) is 2.25. The van der Waals surface area contributed by atoms with Gasteiger partial charge in [0, 0.05) is 11.3 Å². The second kappa shape index (κ2) is 9.74. The monoisotopic (exact) mass is 433 g/mol. The highest BCUT2D eigenvalue weighted by molar-refractivity contribution is 5.91. The second-order valence-corrected chi connectivity index (χ2v) is 6.99. The van der Waals surface area contributed by atoms with Crippen molar-refractivity contribution in [3.05, 3.63) is 90.1 Å². The van der Waals surface area contributed by atoms with Crippen LogP contribution >= 0.6 is 0 Å². The fraction of sp³-hybridized carbons (Fsp3) is 0.125. The normalized spacial score (nSPS) is 10.6. The Hall–Kier alpha value is -4.20. The van der Waals surface area contributed by atoms with Crippen LogP contribution in [0.5, 0.6) is 11.5 Å². The summed E-state index contributed by atoms with van der Waals surface area (Å²) >= 11 is 0. The molecule has 162 valence electrons. The first kappa shape index (κ1) is 21.0. The van der Waals surface area contributed by atoms with Crippen molar-refractivity contribution >= 4 is 11.6 Å². The van der Waals surface area contributed by atoms with Crippen LogP contribution in [0.1, 0.15) is 11.5 Å². The van der Waals surface area contributed by atoms with Crippen LogP contribution in [0.25, 0.3) is 11.4 Å². The third-order valence-corrected chi connectivity index (χ3v) is 4.41. The summed E-state index contributed by atoms with van der Waals surface area (Å²) in [5.74, 6) is 1.18. The first-order valence-corrected chi connectivity index (χ1v) is 9.86. The number of aryl methyl sites for hydroxylation is 1. The first-order valence-electron chi connectivity index (χ1n) is 9.86. The Bertz CT molecular complexity index is 1210. The van der Waals surface area contributed by atoms with Crippen molar-refractivity contribution in [2.75, 3.05) is 11.9 Å². The van der Waals surface area contributed by atoms with Gasteiger partial charge in [-0.05, 0) is 61.0 Å².